The number of anilines is 1. The first-order chi connectivity index (χ1) is 47.4. The summed E-state index contributed by atoms with van der Waals surface area (Å²) < 4.78 is 19.7. The van der Waals surface area contributed by atoms with Crippen molar-refractivity contribution < 1.29 is 33.7 Å². The first-order valence-electron chi connectivity index (χ1n) is 32.9. The first-order valence-corrected chi connectivity index (χ1v) is 32.9. The Kier molecular flexibility index (Phi) is 19.8. The number of ether oxygens (including phenoxy) is 3. The van der Waals surface area contributed by atoms with Crippen LogP contribution in [0.25, 0.3) is 33.4 Å². The SMILES string of the molecule is CCc1c2c(nc3ccc(OC(=O)c4cccc(NC(=O)N(CCCCOc5cc(CN(Cc6ccccn6)Cc6ccccn6)cc(CN(Cc6ccccn6)Cc6ccccn6)c5)Cc5ccc(-c6ccccc6)cc5)c4)cc13)-c1cc3c(c(=O)n1C2)COC(=O)[C@@]3(O)CC. The minimum absolute atomic E-state index is 0.0386. The number of pyridine rings is 6. The lowest BCUT2D eigenvalue weighted by molar-refractivity contribution is -0.172. The Bertz CT molecular complexity index is 4470. The monoisotopic (exact) mass is 1290 g/mol. The van der Waals surface area contributed by atoms with E-state index in [4.69, 9.17) is 19.2 Å². The summed E-state index contributed by atoms with van der Waals surface area (Å²) in [5.41, 5.74) is 11.4. The number of carbonyl (C=O) groups is 3. The molecule has 97 heavy (non-hydrogen) atoms. The number of unbranched alkanes of at least 4 members (excludes halogenated alkanes) is 1. The Morgan fingerprint density at radius 1 is 0.598 bits per heavy atom. The van der Waals surface area contributed by atoms with Gasteiger partial charge in [-0.25, -0.2) is 19.4 Å². The molecule has 0 bridgehead atoms. The van der Waals surface area contributed by atoms with Crippen LogP contribution in [0.5, 0.6) is 11.5 Å². The lowest BCUT2D eigenvalue weighted by atomic mass is 9.86. The molecule has 488 valence electrons. The number of nitrogens with one attached hydrogen (secondary N) is 1. The number of hydrogen-bond donors (Lipinski definition) is 2. The average molecular weight is 1290 g/mol. The summed E-state index contributed by atoms with van der Waals surface area (Å²) in [4.78, 5) is 85.7. The van der Waals surface area contributed by atoms with Gasteiger partial charge in [0, 0.05) is 99.3 Å². The summed E-state index contributed by atoms with van der Waals surface area (Å²) in [6, 6.07) is 62.1. The van der Waals surface area contributed by atoms with E-state index in [0.717, 1.165) is 72.9 Å². The van der Waals surface area contributed by atoms with Gasteiger partial charge in [-0.15, -0.1) is 0 Å². The number of fused-ring (bicyclic) bond motifs is 5. The number of rotatable bonds is 26. The van der Waals surface area contributed by atoms with Gasteiger partial charge in [-0.2, -0.15) is 0 Å². The fraction of sp³-hybridized carbons (Fsp3) is 0.228. The van der Waals surface area contributed by atoms with Crippen LogP contribution in [0.15, 0.2) is 224 Å². The Labute approximate surface area is 562 Å². The largest absolute Gasteiger partial charge is 0.494 e. The van der Waals surface area contributed by atoms with E-state index in [2.05, 4.69) is 77.5 Å². The molecule has 18 heteroatoms. The highest BCUT2D eigenvalue weighted by Crippen LogP contribution is 2.41. The number of hydrogen-bond acceptors (Lipinski definition) is 15. The highest BCUT2D eigenvalue weighted by molar-refractivity contribution is 5.96. The molecule has 2 aliphatic rings. The molecule has 0 spiro atoms. The number of urea groups is 1. The second-order valence-corrected chi connectivity index (χ2v) is 24.6. The lowest BCUT2D eigenvalue weighted by Gasteiger charge is -2.31. The van der Waals surface area contributed by atoms with Gasteiger partial charge in [-0.3, -0.25) is 34.5 Å². The van der Waals surface area contributed by atoms with Crippen LogP contribution in [0.2, 0.25) is 0 Å². The van der Waals surface area contributed by atoms with Crippen LogP contribution in [0.4, 0.5) is 10.5 Å². The molecule has 11 aromatic rings. The highest BCUT2D eigenvalue weighted by Gasteiger charge is 2.45. The summed E-state index contributed by atoms with van der Waals surface area (Å²) in [5, 5.41) is 15.3. The van der Waals surface area contributed by atoms with E-state index in [1.165, 1.54) is 0 Å². The third kappa shape index (κ3) is 15.2. The van der Waals surface area contributed by atoms with Gasteiger partial charge in [0.05, 0.1) is 64.0 Å². The van der Waals surface area contributed by atoms with E-state index in [9.17, 15) is 24.3 Å². The van der Waals surface area contributed by atoms with Gasteiger partial charge in [-0.1, -0.05) is 105 Å². The summed E-state index contributed by atoms with van der Waals surface area (Å²) in [5.74, 6) is -0.379. The van der Waals surface area contributed by atoms with Crippen LogP contribution in [-0.2, 0) is 80.5 Å². The minimum atomic E-state index is -1.95. The van der Waals surface area contributed by atoms with Crippen LogP contribution >= 0.6 is 0 Å². The number of esters is 2. The zero-order chi connectivity index (χ0) is 66.7. The highest BCUT2D eigenvalue weighted by atomic mass is 16.6. The number of aromatic nitrogens is 6. The molecule has 2 amide bonds. The van der Waals surface area contributed by atoms with Crippen molar-refractivity contribution in [1.29, 1.82) is 0 Å². The van der Waals surface area contributed by atoms with Gasteiger partial charge in [0.2, 0.25) is 0 Å². The zero-order valence-corrected chi connectivity index (χ0v) is 54.2. The molecule has 5 aromatic carbocycles. The Hall–Kier alpha value is -11.1. The maximum Gasteiger partial charge on any atom is 0.343 e. The molecule has 0 saturated carbocycles. The van der Waals surface area contributed by atoms with Crippen molar-refractivity contribution in [2.45, 2.75) is 104 Å². The van der Waals surface area contributed by atoms with Gasteiger partial charge in [0.15, 0.2) is 5.60 Å². The molecule has 2 N–H and O–H groups in total. The molecular formula is C79H74N10O8. The van der Waals surface area contributed by atoms with E-state index in [-0.39, 0.29) is 53.6 Å². The molecule has 6 aromatic heterocycles. The summed E-state index contributed by atoms with van der Waals surface area (Å²) in [6.45, 7) is 8.45. The Morgan fingerprint density at radius 3 is 1.79 bits per heavy atom. The number of amides is 2. The predicted molar refractivity (Wildman–Crippen MR) is 371 cm³/mol. The first kappa shape index (κ1) is 64.6. The lowest BCUT2D eigenvalue weighted by Crippen LogP contribution is -2.44. The number of nitrogens with zero attached hydrogens (tertiary/aromatic N) is 9. The topological polar surface area (TPSA) is 207 Å². The van der Waals surface area contributed by atoms with Crippen LogP contribution in [0, 0.1) is 0 Å². The summed E-state index contributed by atoms with van der Waals surface area (Å²) in [7, 11) is 0. The van der Waals surface area contributed by atoms with E-state index in [0.29, 0.717) is 101 Å². The second kappa shape index (κ2) is 29.7. The van der Waals surface area contributed by atoms with Gasteiger partial charge in [0.25, 0.3) is 5.56 Å². The van der Waals surface area contributed by atoms with Crippen molar-refractivity contribution >= 4 is 34.6 Å². The maximum absolute atomic E-state index is 14.6. The van der Waals surface area contributed by atoms with Crippen LogP contribution in [-0.4, -0.2) is 80.4 Å². The molecule has 0 radical (unpaired) electrons. The summed E-state index contributed by atoms with van der Waals surface area (Å²) in [6.07, 6.45) is 9.17. The van der Waals surface area contributed by atoms with Crippen LogP contribution < -0.4 is 20.3 Å². The number of carbonyl (C=O) groups excluding carboxylic acids is 3. The van der Waals surface area contributed by atoms with Crippen molar-refractivity contribution in [3.63, 3.8) is 0 Å². The average Bonchev–Trinajstić information content (AvgIpc) is 1.57. The number of aryl methyl sites for hydroxylation is 1. The predicted octanol–water partition coefficient (Wildman–Crippen LogP) is 13.4. The molecule has 0 unspecified atom stereocenters. The number of benzene rings is 5. The molecular weight excluding hydrogens is 1220 g/mol. The molecule has 2 aliphatic heterocycles. The second-order valence-electron chi connectivity index (χ2n) is 24.6. The Balaban J connectivity index is 0.714. The minimum Gasteiger partial charge on any atom is -0.494 e. The van der Waals surface area contributed by atoms with Gasteiger partial charge >= 0.3 is 18.0 Å². The van der Waals surface area contributed by atoms with E-state index < -0.39 is 17.5 Å². The van der Waals surface area contributed by atoms with Gasteiger partial charge in [0.1, 0.15) is 18.1 Å². The normalized spacial score (nSPS) is 13.8. The van der Waals surface area contributed by atoms with Gasteiger partial charge in [-0.05, 0) is 162 Å². The molecule has 18 nitrogen and oxygen atoms in total. The molecule has 8 heterocycles. The van der Waals surface area contributed by atoms with Crippen LogP contribution in [0.1, 0.15) is 105 Å². The van der Waals surface area contributed by atoms with E-state index >= 15 is 0 Å². The summed E-state index contributed by atoms with van der Waals surface area (Å²) >= 11 is 0. The number of aliphatic hydroxyl groups is 1. The smallest absolute Gasteiger partial charge is 0.343 e. The van der Waals surface area contributed by atoms with Crippen molar-refractivity contribution in [2.24, 2.45) is 0 Å². The van der Waals surface area contributed by atoms with Crippen molar-refractivity contribution in [1.82, 2.24) is 44.2 Å². The fourth-order valence-electron chi connectivity index (χ4n) is 12.9. The van der Waals surface area contributed by atoms with Crippen molar-refractivity contribution in [3.8, 4) is 34.0 Å². The molecule has 13 rings (SSSR count). The third-order valence-corrected chi connectivity index (χ3v) is 17.8. The van der Waals surface area contributed by atoms with Crippen molar-refractivity contribution in [2.75, 3.05) is 18.5 Å². The third-order valence-electron chi connectivity index (χ3n) is 17.8. The Morgan fingerprint density at radius 2 is 1.21 bits per heavy atom. The molecule has 0 saturated heterocycles. The maximum atomic E-state index is 14.6. The fourth-order valence-corrected chi connectivity index (χ4v) is 12.9. The van der Waals surface area contributed by atoms with E-state index in [1.807, 2.05) is 135 Å². The number of cyclic esters (lactones) is 1. The quantitative estimate of drug-likeness (QED) is 0.0294. The van der Waals surface area contributed by atoms with Gasteiger partial charge < -0.3 is 34.1 Å². The van der Waals surface area contributed by atoms with Crippen molar-refractivity contribution in [3.05, 3.63) is 297 Å². The molecule has 0 fully saturated rings. The van der Waals surface area contributed by atoms with Crippen LogP contribution in [0.3, 0.4) is 0 Å². The standard InChI is InChI=1S/C79H74N10O8/c1-3-67-68-43-65(31-32-72(68)85-74-69(67)52-89-73(74)44-71-70(75(89)90)53-96-77(92)79(71,94)4-2)97-76(91)59-21-18-26-60(42-59)84-78(93)88(47-54-27-29-58(30-28-54)57-19-6-5-7-20-57)37-16-17-38-95-66-40-55(45-86(48-61-22-8-12-33-80-61)49-62-23-9-13-34-81-62)39-56(41-66)46-87(50-63-24-10-14-35-82-63)51-64-25-11-15-36-83-64/h5-15,18-36,39-44,94H,3-4,16-17,37-38,45-53H2,1-2H3,(H,84,93)/t79-/m1/s1. The zero-order valence-electron chi connectivity index (χ0n) is 54.2. The van der Waals surface area contributed by atoms with E-state index in [1.54, 1.807) is 64.9 Å². The molecule has 1 atom stereocenters. The molecule has 0 aliphatic carbocycles.